The topological polar surface area (TPSA) is 54.6 Å². The number of rotatable bonds is 2. The molecule has 3 aromatic carbocycles. The van der Waals surface area contributed by atoms with Crippen molar-refractivity contribution in [1.29, 1.82) is 0 Å². The Morgan fingerprint density at radius 2 is 1.67 bits per heavy atom. The number of para-hydroxylation sites is 2. The van der Waals surface area contributed by atoms with Crippen LogP contribution in [0.4, 0.5) is 5.69 Å². The van der Waals surface area contributed by atoms with Crippen LogP contribution in [0.5, 0.6) is 0 Å². The Bertz CT molecular complexity index is 2020. The first-order valence-corrected chi connectivity index (χ1v) is 14.6. The smallest absolute Gasteiger partial charge is 0.192 e. The van der Waals surface area contributed by atoms with Crippen molar-refractivity contribution in [1.82, 2.24) is 4.57 Å². The number of aryl methyl sites for hydroxylation is 1. The number of aliphatic hydroxyl groups excluding tert-OH is 1. The van der Waals surface area contributed by atoms with Crippen molar-refractivity contribution in [2.75, 3.05) is 0 Å². The minimum atomic E-state index is -0.878. The lowest BCUT2D eigenvalue weighted by Gasteiger charge is -2.17. The maximum absolute atomic E-state index is 12.9. The minimum absolute atomic E-state index is 0.0924. The molecule has 0 fully saturated rings. The lowest BCUT2D eigenvalue weighted by atomic mass is 10.0. The highest BCUT2D eigenvalue weighted by Gasteiger charge is 2.33. The lowest BCUT2D eigenvalue weighted by Crippen LogP contribution is -2.15. The van der Waals surface area contributed by atoms with E-state index in [0.29, 0.717) is 16.7 Å². The van der Waals surface area contributed by atoms with E-state index in [2.05, 4.69) is 65.2 Å². The SMILES string of the molecule is O=C1/C(=C\c2ccc(-c3cc4c5ccccc5n(C5=Nc6ccccc6CC5)c4s3)s2)C(O)c2ccccc21. The Morgan fingerprint density at radius 3 is 2.59 bits per heavy atom. The Kier molecular flexibility index (Phi) is 5.10. The van der Waals surface area contributed by atoms with Gasteiger partial charge in [0.15, 0.2) is 5.78 Å². The predicted octanol–water partition coefficient (Wildman–Crippen LogP) is 8.42. The number of carbonyl (C=O) groups is 1. The number of hydrogen-bond acceptors (Lipinski definition) is 5. The number of fused-ring (bicyclic) bond motifs is 5. The van der Waals surface area contributed by atoms with Gasteiger partial charge in [0.25, 0.3) is 0 Å². The molecule has 2 aliphatic rings. The van der Waals surface area contributed by atoms with Crippen molar-refractivity contribution < 1.29 is 9.90 Å². The van der Waals surface area contributed by atoms with E-state index in [1.165, 1.54) is 31.6 Å². The fourth-order valence-corrected chi connectivity index (χ4v) is 8.06. The van der Waals surface area contributed by atoms with Gasteiger partial charge in [0.05, 0.1) is 11.2 Å². The number of aromatic nitrogens is 1. The van der Waals surface area contributed by atoms with E-state index in [0.717, 1.165) is 34.1 Å². The summed E-state index contributed by atoms with van der Waals surface area (Å²) < 4.78 is 2.34. The highest BCUT2D eigenvalue weighted by atomic mass is 32.1. The van der Waals surface area contributed by atoms with E-state index in [-0.39, 0.29) is 5.78 Å². The summed E-state index contributed by atoms with van der Waals surface area (Å²) in [6.45, 7) is 0. The molecule has 3 aromatic heterocycles. The van der Waals surface area contributed by atoms with E-state index in [4.69, 9.17) is 4.99 Å². The van der Waals surface area contributed by atoms with Gasteiger partial charge in [-0.25, -0.2) is 4.99 Å². The zero-order valence-electron chi connectivity index (χ0n) is 20.8. The monoisotopic (exact) mass is 542 g/mol. The molecule has 4 nitrogen and oxygen atoms in total. The molecular formula is C33H22N2O2S2. The van der Waals surface area contributed by atoms with Crippen LogP contribution in [0.2, 0.25) is 0 Å². The quantitative estimate of drug-likeness (QED) is 0.223. The molecule has 1 aliphatic heterocycles. The summed E-state index contributed by atoms with van der Waals surface area (Å²) >= 11 is 3.42. The molecule has 39 heavy (non-hydrogen) atoms. The number of nitrogens with zero attached hydrogens (tertiary/aromatic N) is 2. The van der Waals surface area contributed by atoms with Gasteiger partial charge in [0.2, 0.25) is 0 Å². The van der Waals surface area contributed by atoms with Crippen LogP contribution in [0.3, 0.4) is 0 Å². The first kappa shape index (κ1) is 22.8. The van der Waals surface area contributed by atoms with E-state index >= 15 is 0 Å². The number of ketones is 1. The van der Waals surface area contributed by atoms with E-state index in [1.807, 2.05) is 30.3 Å². The fraction of sp³-hybridized carbons (Fsp3) is 0.0909. The van der Waals surface area contributed by atoms with Gasteiger partial charge in [-0.05, 0) is 54.0 Å². The van der Waals surface area contributed by atoms with Crippen LogP contribution >= 0.6 is 22.7 Å². The van der Waals surface area contributed by atoms with Crippen LogP contribution in [0.25, 0.3) is 36.9 Å². The van der Waals surface area contributed by atoms with Gasteiger partial charge >= 0.3 is 0 Å². The highest BCUT2D eigenvalue weighted by Crippen LogP contribution is 2.44. The molecule has 0 bridgehead atoms. The number of Topliss-reactive ketones (excluding diaryl/α,β-unsaturated/α-hetero) is 1. The van der Waals surface area contributed by atoms with Crippen molar-refractivity contribution in [2.45, 2.75) is 18.9 Å². The van der Waals surface area contributed by atoms with E-state index in [1.54, 1.807) is 28.7 Å². The Labute approximate surface area is 232 Å². The molecule has 0 radical (unpaired) electrons. The molecule has 188 valence electrons. The summed E-state index contributed by atoms with van der Waals surface area (Å²) in [7, 11) is 0. The predicted molar refractivity (Wildman–Crippen MR) is 162 cm³/mol. The highest BCUT2D eigenvalue weighted by molar-refractivity contribution is 7.26. The van der Waals surface area contributed by atoms with Gasteiger partial charge in [-0.1, -0.05) is 60.7 Å². The van der Waals surface area contributed by atoms with E-state index in [9.17, 15) is 9.90 Å². The normalized spacial score (nSPS) is 17.7. The van der Waals surface area contributed by atoms with Gasteiger partial charge in [0.1, 0.15) is 16.8 Å². The molecule has 6 aromatic rings. The molecule has 4 heterocycles. The molecule has 1 unspecified atom stereocenters. The average Bonchev–Trinajstić information content (AvgIpc) is 3.73. The van der Waals surface area contributed by atoms with Crippen molar-refractivity contribution in [3.8, 4) is 9.75 Å². The molecule has 0 saturated heterocycles. The molecule has 0 spiro atoms. The third kappa shape index (κ3) is 3.53. The number of aliphatic hydroxyl groups is 1. The fourth-order valence-electron chi connectivity index (χ4n) is 5.81. The molecule has 6 heteroatoms. The van der Waals surface area contributed by atoms with Gasteiger partial charge in [0, 0.05) is 43.0 Å². The molecule has 8 rings (SSSR count). The largest absolute Gasteiger partial charge is 0.383 e. The van der Waals surface area contributed by atoms with Crippen LogP contribution in [0.1, 0.15) is 38.9 Å². The van der Waals surface area contributed by atoms with Crippen molar-refractivity contribution in [2.24, 2.45) is 4.99 Å². The first-order chi connectivity index (χ1) is 19.2. The van der Waals surface area contributed by atoms with Crippen molar-refractivity contribution in [3.63, 3.8) is 0 Å². The summed E-state index contributed by atoms with van der Waals surface area (Å²) in [5.41, 5.74) is 5.27. The number of aliphatic imine (C=N–C) groups is 1. The Morgan fingerprint density at radius 1 is 0.846 bits per heavy atom. The van der Waals surface area contributed by atoms with Gasteiger partial charge < -0.3 is 5.11 Å². The number of carbonyl (C=O) groups excluding carboxylic acids is 1. The van der Waals surface area contributed by atoms with Gasteiger partial charge in [-0.2, -0.15) is 0 Å². The summed E-state index contributed by atoms with van der Waals surface area (Å²) in [6.07, 6.45) is 2.85. The molecular weight excluding hydrogens is 521 g/mol. The summed E-state index contributed by atoms with van der Waals surface area (Å²) in [4.78, 5) is 22.5. The zero-order chi connectivity index (χ0) is 26.1. The van der Waals surface area contributed by atoms with Crippen LogP contribution in [-0.4, -0.2) is 21.3 Å². The Hall–Kier alpha value is -4.10. The van der Waals surface area contributed by atoms with Crippen LogP contribution < -0.4 is 0 Å². The second-order valence-electron chi connectivity index (χ2n) is 9.96. The molecule has 1 N–H and O–H groups in total. The van der Waals surface area contributed by atoms with Crippen molar-refractivity contribution >= 4 is 67.2 Å². The van der Waals surface area contributed by atoms with Gasteiger partial charge in [-0.15, -0.1) is 22.7 Å². The van der Waals surface area contributed by atoms with Crippen molar-refractivity contribution in [3.05, 3.63) is 118 Å². The summed E-state index contributed by atoms with van der Waals surface area (Å²) in [6, 6.07) is 30.7. The molecule has 1 atom stereocenters. The Balaban J connectivity index is 1.21. The van der Waals surface area contributed by atoms with Gasteiger partial charge in [-0.3, -0.25) is 9.36 Å². The van der Waals surface area contributed by atoms with Crippen LogP contribution in [-0.2, 0) is 6.42 Å². The minimum Gasteiger partial charge on any atom is -0.383 e. The zero-order valence-corrected chi connectivity index (χ0v) is 22.4. The third-order valence-corrected chi connectivity index (χ3v) is 10.0. The van der Waals surface area contributed by atoms with Crippen LogP contribution in [0.15, 0.2) is 102 Å². The summed E-state index contributed by atoms with van der Waals surface area (Å²) in [5.74, 6) is 0.989. The maximum Gasteiger partial charge on any atom is 0.192 e. The second-order valence-corrected chi connectivity index (χ2v) is 12.1. The molecule has 0 amide bonds. The lowest BCUT2D eigenvalue weighted by molar-refractivity contribution is 0.102. The first-order valence-electron chi connectivity index (χ1n) is 13.0. The molecule has 1 aliphatic carbocycles. The maximum atomic E-state index is 12.9. The third-order valence-electron chi connectivity index (χ3n) is 7.69. The second kappa shape index (κ2) is 8.71. The average molecular weight is 543 g/mol. The summed E-state index contributed by atoms with van der Waals surface area (Å²) in [5, 5.41) is 13.2. The number of hydrogen-bond donors (Lipinski definition) is 1. The van der Waals surface area contributed by atoms with E-state index < -0.39 is 6.10 Å². The number of benzene rings is 3. The molecule has 0 saturated carbocycles. The standard InChI is InChI=1S/C33H22N2O2S2/c36-31-22-9-2-3-10-23(22)32(37)25(31)17-20-14-15-28(38-20)29-18-24-21-8-4-6-12-27(21)35(33(24)39-29)30-16-13-19-7-1-5-11-26(19)34-30/h1-12,14-15,17-18,31,36H,13,16H2/b25-17-. The number of thiophene rings is 2. The van der Waals surface area contributed by atoms with Crippen LogP contribution in [0, 0.1) is 0 Å².